The third-order valence-electron chi connectivity index (χ3n) is 5.94. The molecular formula is C23H29ClN6O. The molecule has 0 unspecified atom stereocenters. The van der Waals surface area contributed by atoms with Gasteiger partial charge in [-0.1, -0.05) is 37.1 Å². The number of benzene rings is 1. The van der Waals surface area contributed by atoms with E-state index in [1.165, 1.54) is 37.3 Å². The Morgan fingerprint density at radius 1 is 1.19 bits per heavy atom. The van der Waals surface area contributed by atoms with Gasteiger partial charge in [-0.2, -0.15) is 4.98 Å². The second kappa shape index (κ2) is 10.1. The summed E-state index contributed by atoms with van der Waals surface area (Å²) in [6.45, 7) is 5.49. The molecule has 2 heterocycles. The molecule has 2 aliphatic rings. The first-order chi connectivity index (χ1) is 15.1. The van der Waals surface area contributed by atoms with Crippen LogP contribution in [0.15, 0.2) is 37.1 Å². The number of piperidine rings is 1. The summed E-state index contributed by atoms with van der Waals surface area (Å²) in [5, 5.41) is 13.3. The molecule has 1 aliphatic carbocycles. The van der Waals surface area contributed by atoms with E-state index in [0.717, 1.165) is 31.6 Å². The van der Waals surface area contributed by atoms with Crippen LogP contribution >= 0.6 is 11.6 Å². The summed E-state index contributed by atoms with van der Waals surface area (Å²) in [5.41, 5.74) is 2.65. The topological polar surface area (TPSA) is 91.0 Å². The quantitative estimate of drug-likeness (QED) is 0.461. The average Bonchev–Trinajstić information content (AvgIpc) is 3.33. The largest absolute Gasteiger partial charge is 0.350 e. The third kappa shape index (κ3) is 5.54. The van der Waals surface area contributed by atoms with Gasteiger partial charge in [-0.25, -0.2) is 4.98 Å². The summed E-state index contributed by atoms with van der Waals surface area (Å²) in [4.78, 5) is 20.9. The Morgan fingerprint density at radius 3 is 2.77 bits per heavy atom. The van der Waals surface area contributed by atoms with E-state index in [9.17, 15) is 4.79 Å². The maximum atomic E-state index is 12.0. The van der Waals surface area contributed by atoms with Crippen LogP contribution in [0, 0.1) is 0 Å². The van der Waals surface area contributed by atoms with Crippen LogP contribution in [0.5, 0.6) is 0 Å². The number of halogens is 1. The van der Waals surface area contributed by atoms with Gasteiger partial charge in [0, 0.05) is 12.6 Å². The standard InChI is InChI=1S/C23H29ClN6O/c1-2-21(31)28-20-12-16(15-6-3-4-7-15)9-10-19(20)29-22-18(24)14-26-23(30-22)27-17-8-5-11-25-13-17/h2,9-10,12,14-15,17,25H,1,3-8,11,13H2,(H,28,31)(H2,26,27,29,30)/t17-/m0/s1. The highest BCUT2D eigenvalue weighted by Gasteiger charge is 2.19. The molecule has 0 radical (unpaired) electrons. The maximum absolute atomic E-state index is 12.0. The monoisotopic (exact) mass is 440 g/mol. The van der Waals surface area contributed by atoms with E-state index in [2.05, 4.69) is 43.9 Å². The summed E-state index contributed by atoms with van der Waals surface area (Å²) in [7, 11) is 0. The Morgan fingerprint density at radius 2 is 2.03 bits per heavy atom. The van der Waals surface area contributed by atoms with Crippen LogP contribution < -0.4 is 21.3 Å². The average molecular weight is 441 g/mol. The Hall–Kier alpha value is -2.64. The fourth-order valence-corrected chi connectivity index (χ4v) is 4.42. The van der Waals surface area contributed by atoms with Gasteiger partial charge in [0.2, 0.25) is 11.9 Å². The lowest BCUT2D eigenvalue weighted by Gasteiger charge is -2.24. The molecule has 1 amide bonds. The predicted molar refractivity (Wildman–Crippen MR) is 126 cm³/mol. The molecule has 2 aromatic rings. The lowest BCUT2D eigenvalue weighted by Crippen LogP contribution is -2.38. The normalized spacial score (nSPS) is 19.1. The van der Waals surface area contributed by atoms with E-state index >= 15 is 0 Å². The zero-order valence-electron chi connectivity index (χ0n) is 17.6. The highest BCUT2D eigenvalue weighted by atomic mass is 35.5. The van der Waals surface area contributed by atoms with E-state index in [1.54, 1.807) is 6.20 Å². The first-order valence-corrected chi connectivity index (χ1v) is 11.3. The molecule has 1 aliphatic heterocycles. The first-order valence-electron chi connectivity index (χ1n) is 11.0. The van der Waals surface area contributed by atoms with Crippen molar-refractivity contribution in [3.63, 3.8) is 0 Å². The van der Waals surface area contributed by atoms with Crippen LogP contribution in [0.3, 0.4) is 0 Å². The molecule has 1 saturated carbocycles. The summed E-state index contributed by atoms with van der Waals surface area (Å²) in [5.74, 6) is 1.30. The van der Waals surface area contributed by atoms with Crippen LogP contribution in [0.2, 0.25) is 5.02 Å². The fourth-order valence-electron chi connectivity index (χ4n) is 4.28. The van der Waals surface area contributed by atoms with Gasteiger partial charge >= 0.3 is 0 Å². The Balaban J connectivity index is 1.57. The molecule has 1 atom stereocenters. The number of nitrogens with zero attached hydrogens (tertiary/aromatic N) is 2. The number of carbonyl (C=O) groups is 1. The minimum absolute atomic E-state index is 0.257. The zero-order chi connectivity index (χ0) is 21.6. The molecule has 8 heteroatoms. The van der Waals surface area contributed by atoms with Crippen molar-refractivity contribution in [2.75, 3.05) is 29.0 Å². The van der Waals surface area contributed by atoms with Crippen LogP contribution in [-0.4, -0.2) is 35.0 Å². The Labute approximate surface area is 188 Å². The minimum Gasteiger partial charge on any atom is -0.350 e. The molecule has 1 aromatic carbocycles. The molecule has 164 valence electrons. The van der Waals surface area contributed by atoms with Crippen molar-refractivity contribution < 1.29 is 4.79 Å². The van der Waals surface area contributed by atoms with E-state index in [0.29, 0.717) is 28.4 Å². The zero-order valence-corrected chi connectivity index (χ0v) is 18.3. The molecule has 4 N–H and O–H groups in total. The van der Waals surface area contributed by atoms with Crippen LogP contribution in [0.4, 0.5) is 23.1 Å². The Bertz CT molecular complexity index is 938. The lowest BCUT2D eigenvalue weighted by atomic mass is 9.96. The van der Waals surface area contributed by atoms with Crippen molar-refractivity contribution in [3.05, 3.63) is 47.6 Å². The molecule has 1 saturated heterocycles. The second-order valence-electron chi connectivity index (χ2n) is 8.18. The van der Waals surface area contributed by atoms with E-state index in [1.807, 2.05) is 12.1 Å². The molecule has 4 rings (SSSR count). The predicted octanol–water partition coefficient (Wildman–Crippen LogP) is 4.82. The van der Waals surface area contributed by atoms with Crippen molar-refractivity contribution in [2.24, 2.45) is 0 Å². The molecule has 2 fully saturated rings. The van der Waals surface area contributed by atoms with Gasteiger partial charge in [-0.05, 0) is 61.9 Å². The number of aromatic nitrogens is 2. The van der Waals surface area contributed by atoms with Crippen LogP contribution in [0.25, 0.3) is 0 Å². The second-order valence-corrected chi connectivity index (χ2v) is 8.59. The van der Waals surface area contributed by atoms with Crippen LogP contribution in [0.1, 0.15) is 50.0 Å². The molecule has 31 heavy (non-hydrogen) atoms. The van der Waals surface area contributed by atoms with Gasteiger partial charge in [0.05, 0.1) is 17.6 Å². The van der Waals surface area contributed by atoms with E-state index in [4.69, 9.17) is 11.6 Å². The number of nitrogens with one attached hydrogen (secondary N) is 4. The van der Waals surface area contributed by atoms with Crippen molar-refractivity contribution >= 4 is 40.6 Å². The van der Waals surface area contributed by atoms with Crippen molar-refractivity contribution in [1.82, 2.24) is 15.3 Å². The molecule has 0 spiro atoms. The van der Waals surface area contributed by atoms with Crippen LogP contribution in [-0.2, 0) is 4.79 Å². The van der Waals surface area contributed by atoms with Gasteiger partial charge in [-0.15, -0.1) is 0 Å². The summed E-state index contributed by atoms with van der Waals surface area (Å²) >= 11 is 6.38. The molecule has 1 aromatic heterocycles. The van der Waals surface area contributed by atoms with Gasteiger partial charge in [0.15, 0.2) is 5.82 Å². The SMILES string of the molecule is C=CC(=O)Nc1cc(C2CCCC2)ccc1Nc1nc(N[C@H]2CCCNC2)ncc1Cl. The number of amides is 1. The van der Waals surface area contributed by atoms with Gasteiger partial charge < -0.3 is 21.3 Å². The number of anilines is 4. The van der Waals surface area contributed by atoms with E-state index in [-0.39, 0.29) is 11.9 Å². The number of hydrogen-bond acceptors (Lipinski definition) is 6. The molecule has 0 bridgehead atoms. The lowest BCUT2D eigenvalue weighted by molar-refractivity contribution is -0.111. The number of carbonyl (C=O) groups excluding carboxylic acids is 1. The smallest absolute Gasteiger partial charge is 0.247 e. The van der Waals surface area contributed by atoms with Gasteiger partial charge in [0.25, 0.3) is 0 Å². The fraction of sp³-hybridized carbons (Fsp3) is 0.435. The van der Waals surface area contributed by atoms with Gasteiger partial charge in [0.1, 0.15) is 5.02 Å². The Kier molecular flexibility index (Phi) is 7.04. The molecule has 7 nitrogen and oxygen atoms in total. The summed E-state index contributed by atoms with van der Waals surface area (Å²) in [6, 6.07) is 6.42. The first kappa shape index (κ1) is 21.6. The maximum Gasteiger partial charge on any atom is 0.247 e. The van der Waals surface area contributed by atoms with Crippen molar-refractivity contribution in [2.45, 2.75) is 50.5 Å². The highest BCUT2D eigenvalue weighted by molar-refractivity contribution is 6.33. The van der Waals surface area contributed by atoms with Crippen molar-refractivity contribution in [1.29, 1.82) is 0 Å². The van der Waals surface area contributed by atoms with E-state index < -0.39 is 0 Å². The minimum atomic E-state index is -0.257. The van der Waals surface area contributed by atoms with Crippen molar-refractivity contribution in [3.8, 4) is 0 Å². The summed E-state index contributed by atoms with van der Waals surface area (Å²) in [6.07, 6.45) is 9.92. The van der Waals surface area contributed by atoms with Gasteiger partial charge in [-0.3, -0.25) is 4.79 Å². The number of rotatable bonds is 7. The number of hydrogen-bond donors (Lipinski definition) is 4. The summed E-state index contributed by atoms with van der Waals surface area (Å²) < 4.78 is 0. The molecular weight excluding hydrogens is 412 g/mol. The third-order valence-corrected chi connectivity index (χ3v) is 6.22. The highest BCUT2D eigenvalue weighted by Crippen LogP contribution is 2.38.